The highest BCUT2D eigenvalue weighted by Crippen LogP contribution is 2.47. The maximum Gasteiger partial charge on any atom is 0.336 e. The fourth-order valence-corrected chi connectivity index (χ4v) is 5.04. The van der Waals surface area contributed by atoms with Gasteiger partial charge >= 0.3 is 5.97 Å². The van der Waals surface area contributed by atoms with Gasteiger partial charge in [-0.25, -0.2) is 4.79 Å². The van der Waals surface area contributed by atoms with Crippen LogP contribution >= 0.6 is 11.6 Å². The van der Waals surface area contributed by atoms with E-state index >= 15 is 0 Å². The predicted molar refractivity (Wildman–Crippen MR) is 137 cm³/mol. The predicted octanol–water partition coefficient (Wildman–Crippen LogP) is 6.30. The Hall–Kier alpha value is -3.05. The number of benzene rings is 2. The average molecular weight is 494 g/mol. The van der Waals surface area contributed by atoms with E-state index in [1.54, 1.807) is 0 Å². The Balaban J connectivity index is 1.80. The minimum Gasteiger partial charge on any atom is -0.494 e. The lowest BCUT2D eigenvalue weighted by Gasteiger charge is -2.37. The number of ether oxygens (including phenoxy) is 2. The van der Waals surface area contributed by atoms with Crippen LogP contribution in [0.2, 0.25) is 5.02 Å². The second-order valence-electron chi connectivity index (χ2n) is 9.53. The highest BCUT2D eigenvalue weighted by Gasteiger charge is 2.42. The number of para-hydroxylation sites is 1. The van der Waals surface area contributed by atoms with E-state index in [-0.39, 0.29) is 17.6 Å². The zero-order valence-corrected chi connectivity index (χ0v) is 21.4. The van der Waals surface area contributed by atoms with Crippen molar-refractivity contribution in [3.8, 4) is 5.75 Å². The number of nitrogens with one attached hydrogen (secondary N) is 1. The van der Waals surface area contributed by atoms with Gasteiger partial charge in [0.25, 0.3) is 0 Å². The van der Waals surface area contributed by atoms with Crippen LogP contribution in [-0.4, -0.2) is 25.0 Å². The summed E-state index contributed by atoms with van der Waals surface area (Å²) in [6, 6.07) is 15.3. The van der Waals surface area contributed by atoms with Crippen molar-refractivity contribution >= 4 is 23.4 Å². The summed E-state index contributed by atoms with van der Waals surface area (Å²) in [5, 5.41) is 4.07. The molecule has 2 atom stereocenters. The van der Waals surface area contributed by atoms with Crippen molar-refractivity contribution in [1.29, 1.82) is 0 Å². The summed E-state index contributed by atoms with van der Waals surface area (Å²) in [7, 11) is 0. The highest BCUT2D eigenvalue weighted by atomic mass is 35.5. The molecule has 0 radical (unpaired) electrons. The molecule has 1 heterocycles. The van der Waals surface area contributed by atoms with Crippen LogP contribution < -0.4 is 10.1 Å². The van der Waals surface area contributed by atoms with E-state index < -0.39 is 11.9 Å². The van der Waals surface area contributed by atoms with Gasteiger partial charge in [-0.1, -0.05) is 55.8 Å². The monoisotopic (exact) mass is 493 g/mol. The lowest BCUT2D eigenvalue weighted by molar-refractivity contribution is -0.140. The second-order valence-corrected chi connectivity index (χ2v) is 9.97. The number of allylic oxidation sites excluding steroid dienone is 3. The zero-order chi connectivity index (χ0) is 25.1. The summed E-state index contributed by atoms with van der Waals surface area (Å²) >= 11 is 6.08. The number of ketones is 1. The molecule has 2 aromatic rings. The number of hydrogen-bond donors (Lipinski definition) is 1. The van der Waals surface area contributed by atoms with E-state index in [0.717, 1.165) is 16.8 Å². The Labute approximate surface area is 212 Å². The molecule has 0 amide bonds. The molecule has 184 valence electrons. The summed E-state index contributed by atoms with van der Waals surface area (Å²) in [6.07, 6.45) is 1.03. The quantitative estimate of drug-likeness (QED) is 0.458. The fourth-order valence-electron chi connectivity index (χ4n) is 4.92. The van der Waals surface area contributed by atoms with E-state index in [2.05, 4.69) is 5.32 Å². The molecule has 0 saturated carbocycles. The third kappa shape index (κ3) is 5.30. The van der Waals surface area contributed by atoms with Crippen LogP contribution in [0.3, 0.4) is 0 Å². The maximum absolute atomic E-state index is 13.7. The summed E-state index contributed by atoms with van der Waals surface area (Å²) in [5.41, 5.74) is 4.54. The number of hydrogen-bond acceptors (Lipinski definition) is 5. The molecular weight excluding hydrogens is 462 g/mol. The van der Waals surface area contributed by atoms with Crippen LogP contribution in [0.15, 0.2) is 71.1 Å². The van der Waals surface area contributed by atoms with Crippen LogP contribution in [-0.2, 0) is 14.3 Å². The molecule has 4 rings (SSSR count). The zero-order valence-electron chi connectivity index (χ0n) is 20.7. The van der Waals surface area contributed by atoms with E-state index in [1.807, 2.05) is 76.2 Å². The van der Waals surface area contributed by atoms with Gasteiger partial charge in [0, 0.05) is 34.0 Å². The minimum atomic E-state index is -0.549. The Bertz CT molecular complexity index is 1180. The van der Waals surface area contributed by atoms with Crippen LogP contribution in [0.5, 0.6) is 5.75 Å². The number of rotatable bonds is 7. The summed E-state index contributed by atoms with van der Waals surface area (Å²) in [6.45, 7) is 8.59. The molecule has 0 fully saturated rings. The van der Waals surface area contributed by atoms with Crippen molar-refractivity contribution in [3.05, 3.63) is 87.2 Å². The number of Topliss-reactive ketones (excluding diaryl/α,β-unsaturated/α-hetero) is 1. The van der Waals surface area contributed by atoms with Crippen molar-refractivity contribution in [1.82, 2.24) is 5.32 Å². The van der Waals surface area contributed by atoms with Crippen LogP contribution in [0, 0.1) is 5.92 Å². The summed E-state index contributed by atoms with van der Waals surface area (Å²) in [5.74, 6) is -0.0145. The van der Waals surface area contributed by atoms with E-state index in [4.69, 9.17) is 21.1 Å². The molecule has 35 heavy (non-hydrogen) atoms. The normalized spacial score (nSPS) is 20.0. The van der Waals surface area contributed by atoms with Gasteiger partial charge in [0.2, 0.25) is 0 Å². The van der Waals surface area contributed by atoms with Crippen molar-refractivity contribution in [3.63, 3.8) is 0 Å². The van der Waals surface area contributed by atoms with E-state index in [1.165, 1.54) is 0 Å². The maximum atomic E-state index is 13.7. The van der Waals surface area contributed by atoms with Crippen molar-refractivity contribution < 1.29 is 19.1 Å². The smallest absolute Gasteiger partial charge is 0.336 e. The van der Waals surface area contributed by atoms with E-state index in [9.17, 15) is 9.59 Å². The van der Waals surface area contributed by atoms with Crippen molar-refractivity contribution in [2.45, 2.75) is 52.4 Å². The van der Waals surface area contributed by atoms with Crippen LogP contribution in [0.4, 0.5) is 0 Å². The first kappa shape index (κ1) is 25.1. The summed E-state index contributed by atoms with van der Waals surface area (Å²) in [4.78, 5) is 27.1. The summed E-state index contributed by atoms with van der Waals surface area (Å²) < 4.78 is 11.6. The molecule has 2 aliphatic rings. The van der Waals surface area contributed by atoms with Gasteiger partial charge < -0.3 is 14.8 Å². The molecular formula is C29H32ClNO4. The minimum absolute atomic E-state index is 0.0247. The van der Waals surface area contributed by atoms with Gasteiger partial charge in [-0.2, -0.15) is 0 Å². The van der Waals surface area contributed by atoms with Crippen LogP contribution in [0.1, 0.15) is 63.5 Å². The molecule has 0 bridgehead atoms. The number of carbonyl (C=O) groups excluding carboxylic acids is 2. The Morgan fingerprint density at radius 3 is 2.51 bits per heavy atom. The molecule has 6 heteroatoms. The number of esters is 1. The third-order valence-corrected chi connectivity index (χ3v) is 6.72. The van der Waals surface area contributed by atoms with E-state index in [0.29, 0.717) is 53.7 Å². The number of carbonyl (C=O) groups is 2. The van der Waals surface area contributed by atoms with Gasteiger partial charge in [-0.3, -0.25) is 4.79 Å². The molecule has 2 unspecified atom stereocenters. The van der Waals surface area contributed by atoms with Crippen molar-refractivity contribution in [2.24, 2.45) is 5.92 Å². The molecule has 0 saturated heterocycles. The molecule has 1 aliphatic carbocycles. The Kier molecular flexibility index (Phi) is 7.66. The Morgan fingerprint density at radius 2 is 1.83 bits per heavy atom. The number of dihydropyridines is 1. The largest absolute Gasteiger partial charge is 0.494 e. The van der Waals surface area contributed by atoms with Gasteiger partial charge in [0.15, 0.2) is 5.78 Å². The lowest BCUT2D eigenvalue weighted by Crippen LogP contribution is -2.36. The molecule has 2 aromatic carbocycles. The molecule has 0 spiro atoms. The first-order valence-corrected chi connectivity index (χ1v) is 12.6. The standard InChI is InChI=1S/C29H32ClNO4/c1-5-34-25-9-7-6-8-22(25)27-26(29(33)35-16-17(2)3)18(4)31-23-14-20(15-24(32)28(23)27)19-10-12-21(30)13-11-19/h6-13,17,20,27,31H,5,14-16H2,1-4H3. The SMILES string of the molecule is CCOc1ccccc1C1C(C(=O)OCC(C)C)=C(C)NC2=C1C(=O)CC(c1ccc(Cl)cc1)C2. The molecule has 1 N–H and O–H groups in total. The molecule has 1 aliphatic heterocycles. The second kappa shape index (κ2) is 10.7. The van der Waals surface area contributed by atoms with Gasteiger partial charge in [0.1, 0.15) is 5.75 Å². The molecule has 0 aromatic heterocycles. The van der Waals surface area contributed by atoms with Gasteiger partial charge in [-0.15, -0.1) is 0 Å². The third-order valence-electron chi connectivity index (χ3n) is 6.47. The highest BCUT2D eigenvalue weighted by molar-refractivity contribution is 6.30. The average Bonchev–Trinajstić information content (AvgIpc) is 2.82. The first-order chi connectivity index (χ1) is 16.8. The van der Waals surface area contributed by atoms with Gasteiger partial charge in [-0.05, 0) is 55.9 Å². The van der Waals surface area contributed by atoms with Crippen LogP contribution in [0.25, 0.3) is 0 Å². The van der Waals surface area contributed by atoms with Crippen molar-refractivity contribution in [2.75, 3.05) is 13.2 Å². The van der Waals surface area contributed by atoms with Gasteiger partial charge in [0.05, 0.1) is 24.7 Å². The Morgan fingerprint density at radius 1 is 1.11 bits per heavy atom. The molecule has 5 nitrogen and oxygen atoms in total. The lowest BCUT2D eigenvalue weighted by atomic mass is 9.71. The number of halogens is 1. The topological polar surface area (TPSA) is 64.6 Å². The fraction of sp³-hybridized carbons (Fsp3) is 0.379. The first-order valence-electron chi connectivity index (χ1n) is 12.2.